The molecule has 1 amide bonds. The number of carboxylic acids is 1. The van der Waals surface area contributed by atoms with Gasteiger partial charge in [-0.2, -0.15) is 0 Å². The van der Waals surface area contributed by atoms with Crippen LogP contribution in [0.4, 0.5) is 0 Å². The number of para-hydroxylation sites is 1. The van der Waals surface area contributed by atoms with Gasteiger partial charge in [0.05, 0.1) is 0 Å². The maximum Gasteiger partial charge on any atom is 0.303 e. The third-order valence-electron chi connectivity index (χ3n) is 5.15. The third-order valence-corrected chi connectivity index (χ3v) is 5.15. The van der Waals surface area contributed by atoms with Gasteiger partial charge in [0.25, 0.3) is 0 Å². The van der Waals surface area contributed by atoms with Gasteiger partial charge < -0.3 is 15.0 Å². The smallest absolute Gasteiger partial charge is 0.303 e. The molecule has 2 aromatic rings. The average Bonchev–Trinajstić information content (AvgIpc) is 3.03. The van der Waals surface area contributed by atoms with Crippen molar-refractivity contribution >= 4 is 22.8 Å². The van der Waals surface area contributed by atoms with Crippen LogP contribution in [0.2, 0.25) is 0 Å². The highest BCUT2D eigenvalue weighted by Gasteiger charge is 2.26. The molecule has 134 valence electrons. The summed E-state index contributed by atoms with van der Waals surface area (Å²) in [5, 5.41) is 10.1. The molecule has 1 aromatic carbocycles. The summed E-state index contributed by atoms with van der Waals surface area (Å²) in [6.07, 6.45) is 8.02. The molecule has 5 heteroatoms. The number of aliphatic carboxylic acids is 1. The van der Waals surface area contributed by atoms with E-state index in [-0.39, 0.29) is 18.4 Å². The number of nitrogens with one attached hydrogen (secondary N) is 1. The maximum absolute atomic E-state index is 12.6. The molecule has 0 saturated carbocycles. The minimum absolute atomic E-state index is 0.102. The lowest BCUT2D eigenvalue weighted by atomic mass is 9.97. The van der Waals surface area contributed by atoms with Crippen LogP contribution in [0, 0.1) is 0 Å². The van der Waals surface area contributed by atoms with Crippen molar-refractivity contribution in [2.75, 3.05) is 6.54 Å². The molecule has 1 saturated heterocycles. The van der Waals surface area contributed by atoms with Gasteiger partial charge in [0.1, 0.15) is 0 Å². The van der Waals surface area contributed by atoms with Crippen molar-refractivity contribution in [3.8, 4) is 0 Å². The number of aromatic nitrogens is 1. The van der Waals surface area contributed by atoms with Crippen molar-refractivity contribution in [2.24, 2.45) is 0 Å². The number of carbonyl (C=O) groups excluding carboxylic acids is 1. The number of aryl methyl sites for hydroxylation is 1. The van der Waals surface area contributed by atoms with E-state index in [0.29, 0.717) is 12.8 Å². The second-order valence-corrected chi connectivity index (χ2v) is 6.88. The molecule has 0 aliphatic carbocycles. The number of amides is 1. The van der Waals surface area contributed by atoms with E-state index in [4.69, 9.17) is 5.11 Å². The van der Waals surface area contributed by atoms with Crippen LogP contribution in [0.5, 0.6) is 0 Å². The van der Waals surface area contributed by atoms with Crippen molar-refractivity contribution in [3.63, 3.8) is 0 Å². The summed E-state index contributed by atoms with van der Waals surface area (Å²) in [5.74, 6) is -0.604. The van der Waals surface area contributed by atoms with Gasteiger partial charge in [0.15, 0.2) is 0 Å². The quantitative estimate of drug-likeness (QED) is 0.805. The van der Waals surface area contributed by atoms with Crippen molar-refractivity contribution in [3.05, 3.63) is 36.0 Å². The lowest BCUT2D eigenvalue weighted by Gasteiger charge is -2.35. The maximum atomic E-state index is 12.6. The van der Waals surface area contributed by atoms with Crippen LogP contribution in [-0.4, -0.2) is 39.5 Å². The Balaban J connectivity index is 1.53. The molecule has 1 unspecified atom stereocenters. The first-order chi connectivity index (χ1) is 12.1. The Bertz CT molecular complexity index is 737. The van der Waals surface area contributed by atoms with E-state index in [1.165, 1.54) is 10.9 Å². The van der Waals surface area contributed by atoms with Gasteiger partial charge in [-0.15, -0.1) is 0 Å². The molecule has 1 aromatic heterocycles. The van der Waals surface area contributed by atoms with E-state index in [9.17, 15) is 9.59 Å². The summed E-state index contributed by atoms with van der Waals surface area (Å²) in [5.41, 5.74) is 2.39. The fraction of sp³-hybridized carbons (Fsp3) is 0.500. The van der Waals surface area contributed by atoms with Crippen molar-refractivity contribution in [2.45, 2.75) is 57.4 Å². The summed E-state index contributed by atoms with van der Waals surface area (Å²) in [6.45, 7) is 0.774. The zero-order valence-electron chi connectivity index (χ0n) is 14.5. The number of hydrogen-bond acceptors (Lipinski definition) is 2. The normalized spacial score (nSPS) is 17.8. The van der Waals surface area contributed by atoms with Crippen LogP contribution in [0.15, 0.2) is 30.5 Å². The second-order valence-electron chi connectivity index (χ2n) is 6.88. The number of likely N-dealkylation sites (tertiary alicyclic amines) is 1. The van der Waals surface area contributed by atoms with E-state index in [1.54, 1.807) is 0 Å². The highest BCUT2D eigenvalue weighted by atomic mass is 16.4. The molecule has 0 spiro atoms. The lowest BCUT2D eigenvalue weighted by Crippen LogP contribution is -2.43. The number of aromatic amines is 1. The zero-order chi connectivity index (χ0) is 17.6. The van der Waals surface area contributed by atoms with Gasteiger partial charge in [0.2, 0.25) is 5.91 Å². The van der Waals surface area contributed by atoms with E-state index in [0.717, 1.165) is 44.2 Å². The van der Waals surface area contributed by atoms with Crippen molar-refractivity contribution < 1.29 is 14.7 Å². The Morgan fingerprint density at radius 2 is 2.04 bits per heavy atom. The number of fused-ring (bicyclic) bond motifs is 1. The first kappa shape index (κ1) is 17.5. The monoisotopic (exact) mass is 342 g/mol. The van der Waals surface area contributed by atoms with Gasteiger partial charge in [0, 0.05) is 42.5 Å². The summed E-state index contributed by atoms with van der Waals surface area (Å²) in [4.78, 5) is 28.6. The summed E-state index contributed by atoms with van der Waals surface area (Å²) in [6, 6.07) is 8.32. The van der Waals surface area contributed by atoms with Crippen LogP contribution in [0.3, 0.4) is 0 Å². The number of H-pyrrole nitrogens is 1. The fourth-order valence-corrected chi connectivity index (χ4v) is 3.83. The summed E-state index contributed by atoms with van der Waals surface area (Å²) in [7, 11) is 0. The summed E-state index contributed by atoms with van der Waals surface area (Å²) < 4.78 is 0. The molecular formula is C20H26N2O3. The van der Waals surface area contributed by atoms with E-state index in [2.05, 4.69) is 17.1 Å². The molecule has 2 heterocycles. The Morgan fingerprint density at radius 3 is 2.88 bits per heavy atom. The molecule has 1 aliphatic heterocycles. The molecular weight excluding hydrogens is 316 g/mol. The van der Waals surface area contributed by atoms with Crippen LogP contribution < -0.4 is 0 Å². The zero-order valence-corrected chi connectivity index (χ0v) is 14.5. The van der Waals surface area contributed by atoms with Gasteiger partial charge in [-0.05, 0) is 50.2 Å². The number of carbonyl (C=O) groups is 2. The largest absolute Gasteiger partial charge is 0.481 e. The first-order valence-electron chi connectivity index (χ1n) is 9.21. The van der Waals surface area contributed by atoms with E-state index < -0.39 is 5.97 Å². The highest BCUT2D eigenvalue weighted by Crippen LogP contribution is 2.23. The van der Waals surface area contributed by atoms with Gasteiger partial charge in [-0.3, -0.25) is 9.59 Å². The molecule has 1 aliphatic rings. The SMILES string of the molecule is O=C(O)CCC1CCCCN1C(=O)CCCc1c[nH]c2ccccc12. The molecule has 0 radical (unpaired) electrons. The molecule has 3 rings (SSSR count). The number of benzene rings is 1. The molecule has 0 bridgehead atoms. The standard InChI is InChI=1S/C20H26N2O3/c23-19(22-13-4-3-7-16(22)11-12-20(24)25)10-5-6-15-14-21-18-9-2-1-8-17(15)18/h1-2,8-9,14,16,21H,3-7,10-13H2,(H,24,25). The number of carboxylic acid groups (broad SMARTS) is 1. The van der Waals surface area contributed by atoms with Crippen LogP contribution in [-0.2, 0) is 16.0 Å². The first-order valence-corrected chi connectivity index (χ1v) is 9.21. The third kappa shape index (κ3) is 4.41. The predicted octanol–water partition coefficient (Wildman–Crippen LogP) is 3.74. The van der Waals surface area contributed by atoms with E-state index >= 15 is 0 Å². The van der Waals surface area contributed by atoms with Crippen molar-refractivity contribution in [1.29, 1.82) is 0 Å². The second kappa shape index (κ2) is 8.19. The van der Waals surface area contributed by atoms with Gasteiger partial charge in [-0.25, -0.2) is 0 Å². The Hall–Kier alpha value is -2.30. The Morgan fingerprint density at radius 1 is 1.20 bits per heavy atom. The molecule has 25 heavy (non-hydrogen) atoms. The van der Waals surface area contributed by atoms with Crippen LogP contribution in [0.1, 0.15) is 50.5 Å². The van der Waals surface area contributed by atoms with Crippen molar-refractivity contribution in [1.82, 2.24) is 9.88 Å². The van der Waals surface area contributed by atoms with E-state index in [1.807, 2.05) is 23.2 Å². The van der Waals surface area contributed by atoms with Gasteiger partial charge >= 0.3 is 5.97 Å². The predicted molar refractivity (Wildman–Crippen MR) is 97.5 cm³/mol. The Labute approximate surface area is 148 Å². The lowest BCUT2D eigenvalue weighted by molar-refractivity contribution is -0.140. The molecule has 5 nitrogen and oxygen atoms in total. The van der Waals surface area contributed by atoms with Crippen LogP contribution >= 0.6 is 0 Å². The topological polar surface area (TPSA) is 73.4 Å². The minimum Gasteiger partial charge on any atom is -0.481 e. The number of rotatable bonds is 7. The number of hydrogen-bond donors (Lipinski definition) is 2. The van der Waals surface area contributed by atoms with Gasteiger partial charge in [-0.1, -0.05) is 18.2 Å². The van der Waals surface area contributed by atoms with Crippen LogP contribution in [0.25, 0.3) is 10.9 Å². The summed E-state index contributed by atoms with van der Waals surface area (Å²) >= 11 is 0. The molecule has 1 fully saturated rings. The fourth-order valence-electron chi connectivity index (χ4n) is 3.83. The molecule has 1 atom stereocenters. The minimum atomic E-state index is -0.780. The number of piperidine rings is 1. The molecule has 2 N–H and O–H groups in total. The Kier molecular flexibility index (Phi) is 5.74. The average molecular weight is 342 g/mol. The highest BCUT2D eigenvalue weighted by molar-refractivity contribution is 5.83. The number of nitrogens with zero attached hydrogens (tertiary/aromatic N) is 1.